The van der Waals surface area contributed by atoms with Crippen LogP contribution < -0.4 is 10.1 Å². The van der Waals surface area contributed by atoms with Crippen molar-refractivity contribution < 1.29 is 9.13 Å². The van der Waals surface area contributed by atoms with Crippen molar-refractivity contribution in [2.24, 2.45) is 0 Å². The largest absolute Gasteiger partial charge is 0.494 e. The fourth-order valence-corrected chi connectivity index (χ4v) is 2.96. The molecule has 1 aliphatic rings. The summed E-state index contributed by atoms with van der Waals surface area (Å²) in [6.45, 7) is 1.98. The van der Waals surface area contributed by atoms with E-state index in [0.717, 1.165) is 17.3 Å². The van der Waals surface area contributed by atoms with Crippen LogP contribution in [-0.2, 0) is 0 Å². The van der Waals surface area contributed by atoms with E-state index in [-0.39, 0.29) is 5.82 Å². The molecule has 2 aromatic rings. The Morgan fingerprint density at radius 1 is 1.33 bits per heavy atom. The van der Waals surface area contributed by atoms with Crippen molar-refractivity contribution in [3.8, 4) is 5.75 Å². The van der Waals surface area contributed by atoms with Gasteiger partial charge in [0, 0.05) is 18.3 Å². The number of nitrogens with one attached hydrogen (secondary N) is 1. The van der Waals surface area contributed by atoms with E-state index in [1.165, 1.54) is 44.9 Å². The van der Waals surface area contributed by atoms with Gasteiger partial charge in [-0.25, -0.2) is 9.37 Å². The van der Waals surface area contributed by atoms with Crippen molar-refractivity contribution in [3.63, 3.8) is 0 Å². The Kier molecular flexibility index (Phi) is 3.82. The summed E-state index contributed by atoms with van der Waals surface area (Å²) < 4.78 is 20.7. The van der Waals surface area contributed by atoms with E-state index < -0.39 is 0 Å². The molecule has 0 unspecified atom stereocenters. The highest BCUT2D eigenvalue weighted by atomic mass is 19.1. The third kappa shape index (κ3) is 2.86. The highest BCUT2D eigenvalue weighted by Gasteiger charge is 2.20. The summed E-state index contributed by atoms with van der Waals surface area (Å²) in [4.78, 5) is 4.55. The van der Waals surface area contributed by atoms with Gasteiger partial charge in [0.2, 0.25) is 5.95 Å². The van der Waals surface area contributed by atoms with Gasteiger partial charge in [0.25, 0.3) is 0 Å². The maximum Gasteiger partial charge on any atom is 0.207 e. The number of ether oxygens (including phenoxy) is 1. The van der Waals surface area contributed by atoms with Gasteiger partial charge >= 0.3 is 0 Å². The van der Waals surface area contributed by atoms with Gasteiger partial charge in [0.1, 0.15) is 11.6 Å². The second-order valence-corrected chi connectivity index (χ2v) is 5.52. The Hall–Kier alpha value is -2.04. The molecule has 1 saturated carbocycles. The van der Waals surface area contributed by atoms with Crippen molar-refractivity contribution in [2.45, 2.75) is 38.6 Å². The maximum absolute atomic E-state index is 13.3. The molecule has 4 nitrogen and oxygen atoms in total. The molecule has 0 aliphatic heterocycles. The summed E-state index contributed by atoms with van der Waals surface area (Å²) >= 11 is 0. The molecule has 0 spiro atoms. The molecule has 0 bridgehead atoms. The van der Waals surface area contributed by atoms with Gasteiger partial charge in [-0.15, -0.1) is 0 Å². The van der Waals surface area contributed by atoms with Crippen LogP contribution in [0.4, 0.5) is 16.0 Å². The van der Waals surface area contributed by atoms with Gasteiger partial charge in [-0.05, 0) is 31.9 Å². The van der Waals surface area contributed by atoms with Crippen LogP contribution in [0.1, 0.15) is 37.4 Å². The molecule has 5 heteroatoms. The lowest BCUT2D eigenvalue weighted by atomic mass is 10.2. The van der Waals surface area contributed by atoms with Crippen molar-refractivity contribution in [2.75, 3.05) is 12.4 Å². The normalized spacial score (nSPS) is 15.4. The van der Waals surface area contributed by atoms with Crippen molar-refractivity contribution in [3.05, 3.63) is 35.9 Å². The molecule has 1 aliphatic carbocycles. The second kappa shape index (κ2) is 5.76. The zero-order valence-corrected chi connectivity index (χ0v) is 12.4. The first kappa shape index (κ1) is 13.9. The smallest absolute Gasteiger partial charge is 0.207 e. The molecule has 3 rings (SSSR count). The Morgan fingerprint density at radius 3 is 2.81 bits per heavy atom. The van der Waals surface area contributed by atoms with E-state index in [2.05, 4.69) is 21.1 Å². The van der Waals surface area contributed by atoms with Crippen LogP contribution in [0.25, 0.3) is 0 Å². The third-order valence-corrected chi connectivity index (χ3v) is 3.98. The quantitative estimate of drug-likeness (QED) is 0.917. The third-order valence-electron chi connectivity index (χ3n) is 3.98. The number of aromatic nitrogens is 2. The minimum atomic E-state index is -0.312. The monoisotopic (exact) mass is 289 g/mol. The van der Waals surface area contributed by atoms with E-state index in [4.69, 9.17) is 4.74 Å². The first-order valence-electron chi connectivity index (χ1n) is 7.33. The molecule has 1 aromatic heterocycles. The maximum atomic E-state index is 13.3. The first-order chi connectivity index (χ1) is 10.2. The highest BCUT2D eigenvalue weighted by Crippen LogP contribution is 2.34. The Morgan fingerprint density at radius 2 is 2.10 bits per heavy atom. The van der Waals surface area contributed by atoms with Gasteiger partial charge in [-0.3, -0.25) is 0 Å². The van der Waals surface area contributed by atoms with Crippen molar-refractivity contribution in [1.82, 2.24) is 9.55 Å². The van der Waals surface area contributed by atoms with E-state index in [1.807, 2.05) is 6.92 Å². The summed E-state index contributed by atoms with van der Waals surface area (Å²) in [6.07, 6.45) is 6.98. The standard InChI is InChI=1S/C16H20FN3O/c1-11-10-20(13-5-3-4-6-13)16(18-11)19-14-8-7-12(17)9-15(14)21-2/h7-10,13H,3-6H2,1-2H3,(H,18,19). The molecule has 112 valence electrons. The molecular formula is C16H20FN3O. The van der Waals surface area contributed by atoms with Crippen LogP contribution in [0.5, 0.6) is 5.75 Å². The second-order valence-electron chi connectivity index (χ2n) is 5.52. The zero-order chi connectivity index (χ0) is 14.8. The molecule has 1 heterocycles. The van der Waals surface area contributed by atoms with Crippen LogP contribution in [-0.4, -0.2) is 16.7 Å². The fraction of sp³-hybridized carbons (Fsp3) is 0.438. The van der Waals surface area contributed by atoms with Crippen molar-refractivity contribution in [1.29, 1.82) is 0 Å². The predicted octanol–water partition coefficient (Wildman–Crippen LogP) is 4.20. The lowest BCUT2D eigenvalue weighted by Gasteiger charge is -2.16. The Labute approximate surface area is 124 Å². The molecule has 0 atom stereocenters. The van der Waals surface area contributed by atoms with Crippen LogP contribution in [0.3, 0.4) is 0 Å². The van der Waals surface area contributed by atoms with Gasteiger partial charge < -0.3 is 14.6 Å². The average Bonchev–Trinajstić information content (AvgIpc) is 3.10. The van der Waals surface area contributed by atoms with Gasteiger partial charge in [-0.1, -0.05) is 12.8 Å². The summed E-state index contributed by atoms with van der Waals surface area (Å²) in [6, 6.07) is 4.97. The number of methoxy groups -OCH3 is 1. The molecule has 1 aromatic carbocycles. The van der Waals surface area contributed by atoms with Gasteiger partial charge in [0.15, 0.2) is 0 Å². The van der Waals surface area contributed by atoms with Gasteiger partial charge in [0.05, 0.1) is 18.5 Å². The molecule has 0 amide bonds. The molecule has 1 N–H and O–H groups in total. The number of nitrogens with zero attached hydrogens (tertiary/aromatic N) is 2. The number of aryl methyl sites for hydroxylation is 1. The first-order valence-corrected chi connectivity index (χ1v) is 7.33. The lowest BCUT2D eigenvalue weighted by Crippen LogP contribution is -2.08. The number of imidazole rings is 1. The number of hydrogen-bond acceptors (Lipinski definition) is 3. The van der Waals surface area contributed by atoms with Crippen LogP contribution in [0.2, 0.25) is 0 Å². The molecule has 0 saturated heterocycles. The van der Waals surface area contributed by atoms with Crippen LogP contribution in [0.15, 0.2) is 24.4 Å². The number of benzene rings is 1. The summed E-state index contributed by atoms with van der Waals surface area (Å²) in [5.74, 6) is 0.964. The van der Waals surface area contributed by atoms with Gasteiger partial charge in [-0.2, -0.15) is 0 Å². The van der Waals surface area contributed by atoms with Crippen molar-refractivity contribution >= 4 is 11.6 Å². The predicted molar refractivity (Wildman–Crippen MR) is 80.7 cm³/mol. The number of rotatable bonds is 4. The SMILES string of the molecule is COc1cc(F)ccc1Nc1nc(C)cn1C1CCCC1. The summed E-state index contributed by atoms with van der Waals surface area (Å²) in [7, 11) is 1.54. The minimum absolute atomic E-state index is 0.312. The Bertz CT molecular complexity index is 632. The highest BCUT2D eigenvalue weighted by molar-refractivity contribution is 5.63. The lowest BCUT2D eigenvalue weighted by molar-refractivity contribution is 0.413. The van der Waals surface area contributed by atoms with E-state index in [1.54, 1.807) is 6.07 Å². The molecule has 21 heavy (non-hydrogen) atoms. The number of anilines is 2. The summed E-state index contributed by atoms with van der Waals surface area (Å²) in [5, 5.41) is 3.28. The van der Waals surface area contributed by atoms with E-state index in [9.17, 15) is 4.39 Å². The molecule has 0 radical (unpaired) electrons. The topological polar surface area (TPSA) is 39.1 Å². The zero-order valence-electron chi connectivity index (χ0n) is 12.4. The van der Waals surface area contributed by atoms with E-state index >= 15 is 0 Å². The Balaban J connectivity index is 1.91. The van der Waals surface area contributed by atoms with Crippen LogP contribution >= 0.6 is 0 Å². The number of hydrogen-bond donors (Lipinski definition) is 1. The minimum Gasteiger partial charge on any atom is -0.494 e. The fourth-order valence-electron chi connectivity index (χ4n) is 2.96. The molecule has 1 fully saturated rings. The number of halogens is 1. The van der Waals surface area contributed by atoms with E-state index in [0.29, 0.717) is 11.8 Å². The summed E-state index contributed by atoms with van der Waals surface area (Å²) in [5.41, 5.74) is 1.70. The van der Waals surface area contributed by atoms with Crippen LogP contribution in [0, 0.1) is 12.7 Å². The average molecular weight is 289 g/mol. The molecular weight excluding hydrogens is 269 g/mol.